The van der Waals surface area contributed by atoms with Crippen molar-refractivity contribution in [3.63, 3.8) is 0 Å². The number of aliphatic hydroxyl groups is 2. The van der Waals surface area contributed by atoms with Gasteiger partial charge in [0.05, 0.1) is 12.7 Å². The molecule has 23 heavy (non-hydrogen) atoms. The van der Waals surface area contributed by atoms with E-state index in [0.29, 0.717) is 17.7 Å². The monoisotopic (exact) mass is 359 g/mol. The Morgan fingerprint density at radius 1 is 1.26 bits per heavy atom. The molecule has 0 fully saturated rings. The summed E-state index contributed by atoms with van der Waals surface area (Å²) in [6, 6.07) is 4.76. The third-order valence-electron chi connectivity index (χ3n) is 2.48. The second kappa shape index (κ2) is 10.4. The molecule has 1 aromatic rings. The molecule has 0 spiro atoms. The number of nitrogens with one attached hydrogen (secondary N) is 1. The van der Waals surface area contributed by atoms with E-state index >= 15 is 0 Å². The Hall–Kier alpha value is -0.464. The molecule has 0 saturated heterocycles. The first-order valence-electron chi connectivity index (χ1n) is 6.36. The zero-order valence-electron chi connectivity index (χ0n) is 13.3. The molecule has 0 heterocycles. The Morgan fingerprint density at radius 2 is 1.74 bits per heavy atom. The van der Waals surface area contributed by atoms with Crippen LogP contribution in [0.25, 0.3) is 0 Å². The van der Waals surface area contributed by atoms with Crippen molar-refractivity contribution in [2.75, 3.05) is 6.54 Å². The minimum absolute atomic E-state index is 0. The van der Waals surface area contributed by atoms with Gasteiger partial charge in [0, 0.05) is 28.0 Å². The molecule has 1 rings (SSSR count). The molecule has 10 heteroatoms. The molecule has 0 aliphatic carbocycles. The Balaban J connectivity index is 0. The zero-order chi connectivity index (χ0) is 17.6. The van der Waals surface area contributed by atoms with Crippen LogP contribution in [0.3, 0.4) is 0 Å². The largest absolute Gasteiger partial charge is 2.00 e. The molecule has 1 atom stereocenters. The van der Waals surface area contributed by atoms with E-state index in [1.54, 1.807) is 12.1 Å². The number of β-amino-alcohol motifs (C(OH)–C–C–N with tert-alkyl or cyclic N) is 1. The topological polar surface area (TPSA) is 153 Å². The van der Waals surface area contributed by atoms with Crippen LogP contribution in [0.5, 0.6) is 5.75 Å². The number of benzene rings is 1. The first-order valence-corrected chi connectivity index (χ1v) is 7.69. The van der Waals surface area contributed by atoms with E-state index in [1.165, 1.54) is 6.07 Å². The maximum atomic E-state index is 9.97. The van der Waals surface area contributed by atoms with E-state index in [2.05, 4.69) is 5.32 Å². The number of hydrogen-bond donors (Lipinski definition) is 4. The summed E-state index contributed by atoms with van der Waals surface area (Å²) < 4.78 is 34.1. The maximum Gasteiger partial charge on any atom is 2.00 e. The van der Waals surface area contributed by atoms with Crippen molar-refractivity contribution < 1.29 is 32.8 Å². The molecule has 0 aliphatic heterocycles. The van der Waals surface area contributed by atoms with Crippen molar-refractivity contribution in [3.8, 4) is 5.75 Å². The van der Waals surface area contributed by atoms with Crippen LogP contribution in [0.1, 0.15) is 38.0 Å². The van der Waals surface area contributed by atoms with E-state index in [1.807, 2.05) is 20.8 Å². The number of aromatic hydroxyl groups is 1. The maximum absolute atomic E-state index is 9.97. The van der Waals surface area contributed by atoms with Crippen molar-refractivity contribution in [2.45, 2.75) is 39.0 Å². The van der Waals surface area contributed by atoms with Gasteiger partial charge in [0.15, 0.2) is 0 Å². The van der Waals surface area contributed by atoms with Gasteiger partial charge in [0.2, 0.25) is 0 Å². The van der Waals surface area contributed by atoms with Gasteiger partial charge in [-0.15, -0.1) is 0 Å². The minimum Gasteiger partial charge on any atom is -0.759 e. The van der Waals surface area contributed by atoms with Crippen LogP contribution in [-0.2, 0) is 17.0 Å². The van der Waals surface area contributed by atoms with Gasteiger partial charge < -0.3 is 29.7 Å². The smallest absolute Gasteiger partial charge is 0.759 e. The van der Waals surface area contributed by atoms with Crippen LogP contribution in [0.15, 0.2) is 18.2 Å². The Kier molecular flexibility index (Phi) is 11.2. The molecule has 4 N–H and O–H groups in total. The van der Waals surface area contributed by atoms with Gasteiger partial charge in [-0.25, -0.2) is 0 Å². The molecule has 0 radical (unpaired) electrons. The SMILES string of the molecule is CC(C)(C)NCC(O)c1ccc(O)c(CO)c1.O=S(=O)([O-])[O-].[Mg+2]. The van der Waals surface area contributed by atoms with Crippen LogP contribution >= 0.6 is 0 Å². The molecular formula is C13H21MgNO7S. The van der Waals surface area contributed by atoms with E-state index in [4.69, 9.17) is 22.6 Å². The zero-order valence-corrected chi connectivity index (χ0v) is 15.5. The van der Waals surface area contributed by atoms with Crippen LogP contribution in [0.2, 0.25) is 0 Å². The molecule has 0 bridgehead atoms. The summed E-state index contributed by atoms with van der Waals surface area (Å²) in [7, 11) is -5.17. The first-order chi connectivity index (χ1) is 9.83. The van der Waals surface area contributed by atoms with Crippen molar-refractivity contribution in [3.05, 3.63) is 29.3 Å². The second-order valence-corrected chi connectivity index (χ2v) is 6.42. The number of rotatable bonds is 4. The molecule has 0 aromatic heterocycles. The quantitative estimate of drug-likeness (QED) is 0.321. The van der Waals surface area contributed by atoms with Gasteiger partial charge in [-0.05, 0) is 38.5 Å². The average Bonchev–Trinajstić information content (AvgIpc) is 2.33. The van der Waals surface area contributed by atoms with Crippen molar-refractivity contribution in [1.82, 2.24) is 5.32 Å². The molecule has 0 aliphatic rings. The Morgan fingerprint density at radius 3 is 2.13 bits per heavy atom. The minimum atomic E-state index is -5.17. The van der Waals surface area contributed by atoms with Crippen LogP contribution in [-0.4, -0.2) is 68.0 Å². The summed E-state index contributed by atoms with van der Waals surface area (Å²) in [6.45, 7) is 6.26. The van der Waals surface area contributed by atoms with Gasteiger partial charge in [-0.1, -0.05) is 6.07 Å². The van der Waals surface area contributed by atoms with Gasteiger partial charge in [0.1, 0.15) is 5.75 Å². The predicted octanol–water partition coefficient (Wildman–Crippen LogP) is -0.413. The molecule has 0 amide bonds. The number of phenols is 1. The summed E-state index contributed by atoms with van der Waals surface area (Å²) in [6.07, 6.45) is -0.653. The fraction of sp³-hybridized carbons (Fsp3) is 0.538. The number of hydrogen-bond acceptors (Lipinski definition) is 8. The van der Waals surface area contributed by atoms with E-state index in [0.717, 1.165) is 0 Å². The third kappa shape index (κ3) is 13.7. The van der Waals surface area contributed by atoms with E-state index in [-0.39, 0.29) is 40.9 Å². The summed E-state index contributed by atoms with van der Waals surface area (Å²) in [5.41, 5.74) is 1.05. The molecule has 128 valence electrons. The van der Waals surface area contributed by atoms with Crippen LogP contribution in [0.4, 0.5) is 0 Å². The summed E-state index contributed by atoms with van der Waals surface area (Å²) in [5.74, 6) is 0.0484. The fourth-order valence-electron chi connectivity index (χ4n) is 1.46. The Bertz CT molecular complexity index is 564. The van der Waals surface area contributed by atoms with E-state index < -0.39 is 16.5 Å². The van der Waals surface area contributed by atoms with Gasteiger partial charge in [0.25, 0.3) is 0 Å². The molecule has 0 saturated carbocycles. The summed E-state index contributed by atoms with van der Waals surface area (Å²) in [4.78, 5) is 0. The summed E-state index contributed by atoms with van der Waals surface area (Å²) >= 11 is 0. The van der Waals surface area contributed by atoms with Gasteiger partial charge in [-0.3, -0.25) is 8.42 Å². The van der Waals surface area contributed by atoms with Gasteiger partial charge in [-0.2, -0.15) is 0 Å². The predicted molar refractivity (Wildman–Crippen MR) is 83.0 cm³/mol. The van der Waals surface area contributed by atoms with Crippen LogP contribution < -0.4 is 5.32 Å². The summed E-state index contributed by atoms with van der Waals surface area (Å²) in [5, 5.41) is 31.6. The average molecular weight is 360 g/mol. The van der Waals surface area contributed by atoms with E-state index in [9.17, 15) is 10.2 Å². The van der Waals surface area contributed by atoms with Crippen molar-refractivity contribution in [2.24, 2.45) is 0 Å². The second-order valence-electron chi connectivity index (χ2n) is 5.60. The van der Waals surface area contributed by atoms with Crippen LogP contribution in [0, 0.1) is 0 Å². The fourth-order valence-corrected chi connectivity index (χ4v) is 1.46. The third-order valence-corrected chi connectivity index (χ3v) is 2.48. The standard InChI is InChI=1S/C13H21NO3.Mg.H2O4S/c1-13(2,3)14-7-12(17)9-4-5-11(16)10(6-9)8-15;;1-5(2,3)4/h4-6,12,14-17H,7-8H2,1-3H3;;(H2,1,2,3,4)/q;+2;/p-2. The van der Waals surface area contributed by atoms with Crippen molar-refractivity contribution >= 4 is 33.5 Å². The Labute approximate surface area is 152 Å². The molecule has 1 unspecified atom stereocenters. The normalized spacial score (nSPS) is 12.7. The van der Waals surface area contributed by atoms with Crippen molar-refractivity contribution in [1.29, 1.82) is 0 Å². The molecular weight excluding hydrogens is 339 g/mol. The molecule has 1 aromatic carbocycles. The molecule has 8 nitrogen and oxygen atoms in total. The number of aliphatic hydroxyl groups excluding tert-OH is 2. The first kappa shape index (κ1) is 24.8. The van der Waals surface area contributed by atoms with Gasteiger partial charge >= 0.3 is 23.1 Å².